The van der Waals surface area contributed by atoms with Crippen LogP contribution in [0.1, 0.15) is 195 Å². The number of hydroxylamine groups is 3. The Kier molecular flexibility index (Phi) is 18.7. The van der Waals surface area contributed by atoms with Crippen molar-refractivity contribution in [3.05, 3.63) is 36.6 Å². The van der Waals surface area contributed by atoms with Crippen molar-refractivity contribution < 1.29 is 9.68 Å². The van der Waals surface area contributed by atoms with Crippen LogP contribution in [0.2, 0.25) is 0 Å². The zero-order chi connectivity index (χ0) is 36.5. The second kappa shape index (κ2) is 22.3. The van der Waals surface area contributed by atoms with Gasteiger partial charge in [-0.1, -0.05) is 135 Å². The minimum Gasteiger partial charge on any atom is -0.411 e. The number of fused-ring (bicyclic) bond motifs is 5. The normalized spacial score (nSPS) is 30.2. The Bertz CT molecular complexity index is 1040. The van der Waals surface area contributed by atoms with Crippen molar-refractivity contribution >= 4 is 0 Å². The molecule has 7 atom stereocenters. The van der Waals surface area contributed by atoms with Crippen LogP contribution in [-0.2, 0) is 9.68 Å². The Morgan fingerprint density at radius 1 is 0.882 bits per heavy atom. The van der Waals surface area contributed by atoms with E-state index in [-0.39, 0.29) is 0 Å². The fourth-order valence-corrected chi connectivity index (χ4v) is 11.3. The van der Waals surface area contributed by atoms with E-state index < -0.39 is 0 Å². The molecule has 0 radical (unpaired) electrons. The fourth-order valence-electron chi connectivity index (χ4n) is 11.3. The standard InChI is InChI=1S/C47H84N2O2/c1-8-9-36-49(7)51-39(4)25-20-18-16-14-12-10-11-13-15-17-19-23-35-48-50-42-31-33-47(6)41(37-42)27-29-43-44-30-28-40(26-22-21-24-38(2)3)46(44,5)34-32-45(43)47/h8,27,38,40,42-45,48H,1,4,9-26,28-37H2,2-3,5-7H3/t40?,42-,43?,44-,45-,46+,47-/m0/s1. The van der Waals surface area contributed by atoms with Gasteiger partial charge in [-0.3, -0.25) is 4.84 Å². The maximum Gasteiger partial charge on any atom is 0.117 e. The molecule has 0 aromatic rings. The van der Waals surface area contributed by atoms with Gasteiger partial charge < -0.3 is 4.84 Å². The summed E-state index contributed by atoms with van der Waals surface area (Å²) in [5, 5.41) is 1.87. The number of rotatable bonds is 27. The molecular formula is C47H84N2O2. The van der Waals surface area contributed by atoms with E-state index in [4.69, 9.17) is 9.68 Å². The van der Waals surface area contributed by atoms with Crippen LogP contribution in [-0.4, -0.2) is 31.3 Å². The molecule has 4 rings (SSSR count). The largest absolute Gasteiger partial charge is 0.411 e. The highest BCUT2D eigenvalue weighted by Gasteiger charge is 2.58. The summed E-state index contributed by atoms with van der Waals surface area (Å²) in [5.41, 5.74) is 6.19. The first kappa shape index (κ1) is 42.6. The van der Waals surface area contributed by atoms with Gasteiger partial charge in [0.05, 0.1) is 6.10 Å². The molecule has 0 bridgehead atoms. The molecular weight excluding hydrogens is 625 g/mol. The average Bonchev–Trinajstić information content (AvgIpc) is 3.44. The number of nitrogens with zero attached hydrogens (tertiary/aromatic N) is 1. The summed E-state index contributed by atoms with van der Waals surface area (Å²) in [6, 6.07) is 0. The van der Waals surface area contributed by atoms with Gasteiger partial charge in [0.15, 0.2) is 0 Å². The molecule has 0 amide bonds. The lowest BCUT2D eigenvalue weighted by Crippen LogP contribution is -2.50. The maximum atomic E-state index is 6.31. The van der Waals surface area contributed by atoms with Gasteiger partial charge in [-0.2, -0.15) is 0 Å². The molecule has 4 aliphatic rings. The quantitative estimate of drug-likeness (QED) is 0.0399. The number of allylic oxidation sites excluding steroid dienone is 2. The number of hydrogen-bond donors (Lipinski definition) is 1. The lowest BCUT2D eigenvalue weighted by molar-refractivity contribution is -0.0983. The minimum absolute atomic E-state index is 0.365. The molecule has 51 heavy (non-hydrogen) atoms. The Morgan fingerprint density at radius 2 is 1.57 bits per heavy atom. The molecule has 4 heteroatoms. The second-order valence-electron chi connectivity index (χ2n) is 18.7. The molecule has 2 unspecified atom stereocenters. The van der Waals surface area contributed by atoms with E-state index in [2.05, 4.69) is 52.4 Å². The fraction of sp³-hybridized carbons (Fsp3) is 0.872. The topological polar surface area (TPSA) is 33.7 Å². The van der Waals surface area contributed by atoms with Crippen molar-refractivity contribution in [1.82, 2.24) is 10.5 Å². The van der Waals surface area contributed by atoms with Gasteiger partial charge in [0.2, 0.25) is 0 Å². The van der Waals surface area contributed by atoms with Gasteiger partial charge in [0.25, 0.3) is 0 Å². The van der Waals surface area contributed by atoms with Crippen molar-refractivity contribution in [2.75, 3.05) is 20.1 Å². The Labute approximate surface area is 317 Å². The number of hydrogen-bond acceptors (Lipinski definition) is 4. The minimum atomic E-state index is 0.365. The third-order valence-electron chi connectivity index (χ3n) is 14.5. The van der Waals surface area contributed by atoms with Crippen LogP contribution in [0.25, 0.3) is 0 Å². The summed E-state index contributed by atoms with van der Waals surface area (Å²) in [5.74, 6) is 5.55. The van der Waals surface area contributed by atoms with Crippen LogP contribution >= 0.6 is 0 Å². The molecule has 0 aromatic carbocycles. The lowest BCUT2D eigenvalue weighted by atomic mass is 9.47. The number of unbranched alkanes of at least 4 members (excludes halogenated alkanes) is 12. The molecule has 0 heterocycles. The number of nitrogens with one attached hydrogen (secondary N) is 1. The van der Waals surface area contributed by atoms with E-state index in [1.807, 2.05) is 18.2 Å². The van der Waals surface area contributed by atoms with E-state index >= 15 is 0 Å². The smallest absolute Gasteiger partial charge is 0.117 e. The predicted molar refractivity (Wildman–Crippen MR) is 219 cm³/mol. The molecule has 0 spiro atoms. The first-order valence-corrected chi connectivity index (χ1v) is 22.4. The van der Waals surface area contributed by atoms with Crippen molar-refractivity contribution in [1.29, 1.82) is 0 Å². The van der Waals surface area contributed by atoms with Crippen molar-refractivity contribution in [3.8, 4) is 0 Å². The van der Waals surface area contributed by atoms with E-state index in [0.29, 0.717) is 16.9 Å². The van der Waals surface area contributed by atoms with E-state index in [9.17, 15) is 0 Å². The third kappa shape index (κ3) is 13.0. The van der Waals surface area contributed by atoms with Crippen molar-refractivity contribution in [3.63, 3.8) is 0 Å². The van der Waals surface area contributed by atoms with E-state index in [1.165, 1.54) is 148 Å². The summed E-state index contributed by atoms with van der Waals surface area (Å²) in [6.07, 6.45) is 39.9. The first-order chi connectivity index (χ1) is 24.7. The molecule has 0 aliphatic heterocycles. The van der Waals surface area contributed by atoms with E-state index in [1.54, 1.807) is 5.57 Å². The molecule has 4 aliphatic carbocycles. The summed E-state index contributed by atoms with van der Waals surface area (Å²) < 4.78 is 0. The van der Waals surface area contributed by atoms with Gasteiger partial charge >= 0.3 is 0 Å². The Morgan fingerprint density at radius 3 is 2.25 bits per heavy atom. The predicted octanol–water partition coefficient (Wildman–Crippen LogP) is 13.7. The summed E-state index contributed by atoms with van der Waals surface area (Å²) in [7, 11) is 1.97. The highest BCUT2D eigenvalue weighted by Crippen LogP contribution is 2.66. The summed E-state index contributed by atoms with van der Waals surface area (Å²) in [4.78, 5) is 12.0. The highest BCUT2D eigenvalue weighted by molar-refractivity contribution is 5.25. The van der Waals surface area contributed by atoms with Crippen molar-refractivity contribution in [2.45, 2.75) is 201 Å². The highest BCUT2D eigenvalue weighted by atomic mass is 16.7. The second-order valence-corrected chi connectivity index (χ2v) is 18.7. The van der Waals surface area contributed by atoms with Crippen LogP contribution in [0.4, 0.5) is 0 Å². The first-order valence-electron chi connectivity index (χ1n) is 22.4. The molecule has 3 fully saturated rings. The van der Waals surface area contributed by atoms with Gasteiger partial charge in [0.1, 0.15) is 5.76 Å². The van der Waals surface area contributed by atoms with Gasteiger partial charge in [-0.25, -0.2) is 5.48 Å². The monoisotopic (exact) mass is 709 g/mol. The lowest BCUT2D eigenvalue weighted by Gasteiger charge is -2.58. The van der Waals surface area contributed by atoms with E-state index in [0.717, 1.165) is 67.7 Å². The molecule has 0 aromatic heterocycles. The van der Waals surface area contributed by atoms with Gasteiger partial charge in [0, 0.05) is 26.6 Å². The Balaban J connectivity index is 0.987. The zero-order valence-electron chi connectivity index (χ0n) is 34.6. The summed E-state index contributed by atoms with van der Waals surface area (Å²) in [6.45, 7) is 19.9. The molecule has 1 N–H and O–H groups in total. The molecule has 4 nitrogen and oxygen atoms in total. The van der Waals surface area contributed by atoms with Crippen LogP contribution in [0.3, 0.4) is 0 Å². The average molecular weight is 709 g/mol. The van der Waals surface area contributed by atoms with Crippen LogP contribution in [0.15, 0.2) is 36.6 Å². The van der Waals surface area contributed by atoms with Crippen LogP contribution in [0, 0.1) is 40.4 Å². The Hall–Kier alpha value is -1.10. The van der Waals surface area contributed by atoms with Gasteiger partial charge in [-0.05, 0) is 117 Å². The van der Waals surface area contributed by atoms with Gasteiger partial charge in [-0.15, -0.1) is 11.6 Å². The molecule has 3 saturated carbocycles. The SMILES string of the molecule is C=CCCN(C)OC(=C)CCCCCCCCCCCCCCNO[C@H]1CC[C@@]2(C)C(=CCC3[C@@H]2CC[C@]2(C)C(CCCCC(C)C)CC[C@@H]32)C1. The summed E-state index contributed by atoms with van der Waals surface area (Å²) >= 11 is 0. The molecule has 0 saturated heterocycles. The molecule has 294 valence electrons. The van der Waals surface area contributed by atoms with Crippen molar-refractivity contribution in [2.24, 2.45) is 40.4 Å². The van der Waals surface area contributed by atoms with Crippen LogP contribution < -0.4 is 5.48 Å². The zero-order valence-corrected chi connectivity index (χ0v) is 34.6. The third-order valence-corrected chi connectivity index (χ3v) is 14.5. The maximum absolute atomic E-state index is 6.31. The van der Waals surface area contributed by atoms with Crippen LogP contribution in [0.5, 0.6) is 0 Å².